The minimum absolute atomic E-state index is 0.230. The Morgan fingerprint density at radius 3 is 2.72 bits per heavy atom. The summed E-state index contributed by atoms with van der Waals surface area (Å²) in [5.41, 5.74) is 6.44. The Balaban J connectivity index is 1.61. The van der Waals surface area contributed by atoms with Gasteiger partial charge in [-0.3, -0.25) is 0 Å². The molecule has 0 aliphatic carbocycles. The van der Waals surface area contributed by atoms with Gasteiger partial charge in [0.1, 0.15) is 5.52 Å². The second-order valence-corrected chi connectivity index (χ2v) is 6.63. The smallest absolute Gasteiger partial charge is 0.335 e. The molecule has 2 aromatic carbocycles. The fourth-order valence-corrected chi connectivity index (χ4v) is 3.17. The standard InChI is InChI=1S/C21H20N6O2/c1-2-3-12-27-17-7-5-4-6-16(17)18-19(27)23-21(26-24-18)25-22-13-14-8-10-15(11-9-14)20(28)29/h4-11,13H,2-3,12H2,1H3,(H,28,29)(H,23,25,26)/b22-13+. The van der Waals surface area contributed by atoms with Crippen molar-refractivity contribution in [3.63, 3.8) is 0 Å². The summed E-state index contributed by atoms with van der Waals surface area (Å²) in [6.45, 7) is 3.02. The SMILES string of the molecule is CCCCn1c2ccccc2c2nnc(N/N=C/c3ccc(C(=O)O)cc3)nc21. The zero-order valence-electron chi connectivity index (χ0n) is 15.9. The highest BCUT2D eigenvalue weighted by molar-refractivity contribution is 6.04. The van der Waals surface area contributed by atoms with E-state index in [1.807, 2.05) is 18.2 Å². The summed E-state index contributed by atoms with van der Waals surface area (Å²) >= 11 is 0. The maximum atomic E-state index is 10.9. The lowest BCUT2D eigenvalue weighted by atomic mass is 10.1. The zero-order chi connectivity index (χ0) is 20.2. The molecule has 4 rings (SSSR count). The van der Waals surface area contributed by atoms with Crippen molar-refractivity contribution in [2.45, 2.75) is 26.3 Å². The number of aryl methyl sites for hydroxylation is 1. The third kappa shape index (κ3) is 3.77. The van der Waals surface area contributed by atoms with E-state index in [-0.39, 0.29) is 5.56 Å². The van der Waals surface area contributed by atoms with Gasteiger partial charge in [-0.15, -0.1) is 10.2 Å². The van der Waals surface area contributed by atoms with Gasteiger partial charge in [0.25, 0.3) is 5.95 Å². The summed E-state index contributed by atoms with van der Waals surface area (Å²) in [5.74, 6) is -0.658. The van der Waals surface area contributed by atoms with Crippen LogP contribution in [0.25, 0.3) is 22.1 Å². The van der Waals surface area contributed by atoms with Crippen molar-refractivity contribution in [3.05, 3.63) is 59.7 Å². The molecule has 0 fully saturated rings. The van der Waals surface area contributed by atoms with Crippen molar-refractivity contribution >= 4 is 40.2 Å². The van der Waals surface area contributed by atoms with E-state index in [4.69, 9.17) is 5.11 Å². The molecule has 0 unspecified atom stereocenters. The lowest BCUT2D eigenvalue weighted by molar-refractivity contribution is 0.0697. The Bertz CT molecular complexity index is 1200. The van der Waals surface area contributed by atoms with Crippen LogP contribution in [0, 0.1) is 0 Å². The van der Waals surface area contributed by atoms with E-state index < -0.39 is 5.97 Å². The Morgan fingerprint density at radius 2 is 1.97 bits per heavy atom. The first kappa shape index (κ1) is 18.5. The topological polar surface area (TPSA) is 105 Å². The maximum absolute atomic E-state index is 10.9. The Morgan fingerprint density at radius 1 is 1.17 bits per heavy atom. The number of hydrogen-bond donors (Lipinski definition) is 2. The van der Waals surface area contributed by atoms with Gasteiger partial charge in [-0.1, -0.05) is 43.7 Å². The molecule has 0 bridgehead atoms. The molecule has 0 saturated heterocycles. The number of benzene rings is 2. The number of rotatable bonds is 7. The molecule has 146 valence electrons. The molecular weight excluding hydrogens is 368 g/mol. The summed E-state index contributed by atoms with van der Waals surface area (Å²) in [6, 6.07) is 14.5. The molecule has 0 amide bonds. The van der Waals surface area contributed by atoms with Crippen molar-refractivity contribution < 1.29 is 9.90 Å². The van der Waals surface area contributed by atoms with Gasteiger partial charge < -0.3 is 9.67 Å². The van der Waals surface area contributed by atoms with Crippen molar-refractivity contribution in [2.75, 3.05) is 5.43 Å². The number of nitrogens with zero attached hydrogens (tertiary/aromatic N) is 5. The lowest BCUT2D eigenvalue weighted by Gasteiger charge is -2.05. The van der Waals surface area contributed by atoms with E-state index in [9.17, 15) is 4.79 Å². The summed E-state index contributed by atoms with van der Waals surface area (Å²) in [7, 11) is 0. The van der Waals surface area contributed by atoms with Crippen LogP contribution in [0.5, 0.6) is 0 Å². The zero-order valence-corrected chi connectivity index (χ0v) is 15.9. The molecule has 4 aromatic rings. The molecule has 29 heavy (non-hydrogen) atoms. The number of aromatic carboxylic acids is 1. The molecule has 0 spiro atoms. The number of carbonyl (C=O) groups is 1. The summed E-state index contributed by atoms with van der Waals surface area (Å²) in [4.78, 5) is 15.5. The van der Waals surface area contributed by atoms with Gasteiger partial charge in [-0.25, -0.2) is 10.2 Å². The highest BCUT2D eigenvalue weighted by Crippen LogP contribution is 2.26. The molecule has 0 atom stereocenters. The van der Waals surface area contributed by atoms with Crippen LogP contribution in [0.1, 0.15) is 35.7 Å². The minimum Gasteiger partial charge on any atom is -0.478 e. The number of unbranched alkanes of at least 4 members (excludes halogenated alkanes) is 1. The van der Waals surface area contributed by atoms with E-state index in [0.717, 1.165) is 47.0 Å². The van der Waals surface area contributed by atoms with Gasteiger partial charge >= 0.3 is 5.97 Å². The third-order valence-electron chi connectivity index (χ3n) is 4.65. The van der Waals surface area contributed by atoms with Crippen molar-refractivity contribution in [3.8, 4) is 0 Å². The predicted molar refractivity (Wildman–Crippen MR) is 112 cm³/mol. The number of anilines is 1. The normalized spacial score (nSPS) is 11.5. The molecule has 8 nitrogen and oxygen atoms in total. The Labute approximate surface area is 166 Å². The van der Waals surface area contributed by atoms with Crippen LogP contribution < -0.4 is 5.43 Å². The number of aromatic nitrogens is 4. The van der Waals surface area contributed by atoms with Gasteiger partial charge in [0.15, 0.2) is 5.65 Å². The Hall–Kier alpha value is -3.81. The van der Waals surface area contributed by atoms with Crippen molar-refractivity contribution in [1.29, 1.82) is 0 Å². The molecule has 0 aliphatic heterocycles. The number of fused-ring (bicyclic) bond motifs is 3. The quantitative estimate of drug-likeness (QED) is 0.367. The monoisotopic (exact) mass is 388 g/mol. The average molecular weight is 388 g/mol. The van der Waals surface area contributed by atoms with E-state index in [2.05, 4.69) is 43.3 Å². The van der Waals surface area contributed by atoms with Gasteiger partial charge in [-0.2, -0.15) is 10.1 Å². The predicted octanol–water partition coefficient (Wildman–Crippen LogP) is 3.92. The summed E-state index contributed by atoms with van der Waals surface area (Å²) in [5, 5.41) is 22.6. The van der Waals surface area contributed by atoms with Gasteiger partial charge in [0.2, 0.25) is 0 Å². The number of carboxylic acids is 1. The van der Waals surface area contributed by atoms with Crippen molar-refractivity contribution in [2.24, 2.45) is 5.10 Å². The highest BCUT2D eigenvalue weighted by Gasteiger charge is 2.14. The van der Waals surface area contributed by atoms with E-state index in [0.29, 0.717) is 5.95 Å². The first-order chi connectivity index (χ1) is 14.2. The largest absolute Gasteiger partial charge is 0.478 e. The summed E-state index contributed by atoms with van der Waals surface area (Å²) in [6.07, 6.45) is 3.71. The molecule has 8 heteroatoms. The van der Waals surface area contributed by atoms with Gasteiger partial charge in [0.05, 0.1) is 17.3 Å². The number of hydrazone groups is 1. The molecular formula is C21H20N6O2. The van der Waals surface area contributed by atoms with E-state index in [1.54, 1.807) is 18.3 Å². The number of nitrogens with one attached hydrogen (secondary N) is 1. The first-order valence-electron chi connectivity index (χ1n) is 9.41. The summed E-state index contributed by atoms with van der Waals surface area (Å²) < 4.78 is 2.17. The molecule has 0 radical (unpaired) electrons. The molecule has 0 aliphatic rings. The van der Waals surface area contributed by atoms with Crippen LogP contribution in [-0.2, 0) is 6.54 Å². The second-order valence-electron chi connectivity index (χ2n) is 6.63. The van der Waals surface area contributed by atoms with Gasteiger partial charge in [0, 0.05) is 11.9 Å². The maximum Gasteiger partial charge on any atom is 0.335 e. The van der Waals surface area contributed by atoms with E-state index in [1.165, 1.54) is 12.1 Å². The van der Waals surface area contributed by atoms with Crippen LogP contribution in [0.15, 0.2) is 53.6 Å². The third-order valence-corrected chi connectivity index (χ3v) is 4.65. The van der Waals surface area contributed by atoms with Crippen molar-refractivity contribution in [1.82, 2.24) is 19.7 Å². The molecule has 2 aromatic heterocycles. The lowest BCUT2D eigenvalue weighted by Crippen LogP contribution is -2.03. The fourth-order valence-electron chi connectivity index (χ4n) is 3.17. The van der Waals surface area contributed by atoms with Crippen LogP contribution in [-0.4, -0.2) is 37.0 Å². The number of para-hydroxylation sites is 1. The first-order valence-corrected chi connectivity index (χ1v) is 9.41. The van der Waals surface area contributed by atoms with Crippen LogP contribution in [0.4, 0.5) is 5.95 Å². The second kappa shape index (κ2) is 8.05. The van der Waals surface area contributed by atoms with Crippen LogP contribution in [0.2, 0.25) is 0 Å². The average Bonchev–Trinajstić information content (AvgIpc) is 3.05. The molecule has 0 saturated carbocycles. The van der Waals surface area contributed by atoms with Crippen LogP contribution >= 0.6 is 0 Å². The van der Waals surface area contributed by atoms with E-state index >= 15 is 0 Å². The number of hydrogen-bond acceptors (Lipinski definition) is 6. The Kier molecular flexibility index (Phi) is 5.15. The fraction of sp³-hybridized carbons (Fsp3) is 0.190. The highest BCUT2D eigenvalue weighted by atomic mass is 16.4. The number of carboxylic acid groups (broad SMARTS) is 1. The minimum atomic E-state index is -0.960. The van der Waals surface area contributed by atoms with Crippen LogP contribution in [0.3, 0.4) is 0 Å². The van der Waals surface area contributed by atoms with Gasteiger partial charge in [-0.05, 0) is 30.2 Å². The molecule has 2 heterocycles. The molecule has 2 N–H and O–H groups in total.